The van der Waals surface area contributed by atoms with Crippen LogP contribution in [0.4, 0.5) is 11.4 Å². The lowest BCUT2D eigenvalue weighted by molar-refractivity contribution is -0.133. The largest absolute Gasteiger partial charge is 0.318 e. The van der Waals surface area contributed by atoms with Gasteiger partial charge in [-0.25, -0.2) is 0 Å². The van der Waals surface area contributed by atoms with Gasteiger partial charge in [0.1, 0.15) is 0 Å². The van der Waals surface area contributed by atoms with E-state index in [1.54, 1.807) is 0 Å². The van der Waals surface area contributed by atoms with Crippen molar-refractivity contribution in [2.45, 2.75) is 52.9 Å². The molecular weight excluding hydrogens is 324 g/mol. The molecule has 2 aromatic rings. The van der Waals surface area contributed by atoms with Gasteiger partial charge in [-0.15, -0.1) is 0 Å². The summed E-state index contributed by atoms with van der Waals surface area (Å²) in [5.41, 5.74) is 4.63. The van der Waals surface area contributed by atoms with Crippen molar-refractivity contribution >= 4 is 23.2 Å². The summed E-state index contributed by atoms with van der Waals surface area (Å²) >= 11 is 0. The third-order valence-electron chi connectivity index (χ3n) is 4.45. The maximum Gasteiger partial charge on any atom is 0.314 e. The zero-order chi connectivity index (χ0) is 19.3. The highest BCUT2D eigenvalue weighted by Crippen LogP contribution is 2.24. The Morgan fingerprint density at radius 1 is 0.808 bits per heavy atom. The van der Waals surface area contributed by atoms with Gasteiger partial charge in [0.05, 0.1) is 0 Å². The van der Waals surface area contributed by atoms with Crippen molar-refractivity contribution in [2.75, 3.05) is 10.6 Å². The van der Waals surface area contributed by atoms with Gasteiger partial charge >= 0.3 is 11.8 Å². The summed E-state index contributed by atoms with van der Waals surface area (Å²) in [7, 11) is 0. The summed E-state index contributed by atoms with van der Waals surface area (Å²) in [6.45, 7) is 10.4. The molecule has 0 aromatic heterocycles. The quantitative estimate of drug-likeness (QED) is 0.785. The van der Waals surface area contributed by atoms with Gasteiger partial charge in [0, 0.05) is 11.4 Å². The number of aryl methyl sites for hydroxylation is 2. The van der Waals surface area contributed by atoms with Crippen molar-refractivity contribution in [3.05, 3.63) is 59.2 Å². The Hall–Kier alpha value is -2.62. The van der Waals surface area contributed by atoms with Gasteiger partial charge in [0.25, 0.3) is 0 Å². The molecule has 26 heavy (non-hydrogen) atoms. The van der Waals surface area contributed by atoms with E-state index in [0.717, 1.165) is 29.7 Å². The van der Waals surface area contributed by atoms with Crippen LogP contribution in [0.2, 0.25) is 0 Å². The van der Waals surface area contributed by atoms with Gasteiger partial charge in [-0.2, -0.15) is 0 Å². The van der Waals surface area contributed by atoms with Crippen LogP contribution in [0.25, 0.3) is 0 Å². The van der Waals surface area contributed by atoms with Gasteiger partial charge in [0.2, 0.25) is 0 Å². The molecule has 138 valence electrons. The number of hydrogen-bond donors (Lipinski definition) is 2. The van der Waals surface area contributed by atoms with E-state index in [1.165, 1.54) is 5.56 Å². The average Bonchev–Trinajstić information content (AvgIpc) is 2.61. The van der Waals surface area contributed by atoms with E-state index in [0.29, 0.717) is 5.69 Å². The second kappa shape index (κ2) is 8.17. The van der Waals surface area contributed by atoms with Crippen LogP contribution in [0, 0.1) is 0 Å². The normalized spacial score (nSPS) is 11.1. The molecule has 2 aromatic carbocycles. The van der Waals surface area contributed by atoms with Gasteiger partial charge in [-0.05, 0) is 47.1 Å². The highest BCUT2D eigenvalue weighted by Gasteiger charge is 2.18. The molecule has 2 rings (SSSR count). The van der Waals surface area contributed by atoms with Crippen LogP contribution < -0.4 is 10.6 Å². The van der Waals surface area contributed by atoms with Crippen LogP contribution in [0.3, 0.4) is 0 Å². The Labute approximate surface area is 156 Å². The van der Waals surface area contributed by atoms with Crippen molar-refractivity contribution in [3.63, 3.8) is 0 Å². The minimum Gasteiger partial charge on any atom is -0.318 e. The van der Waals surface area contributed by atoms with Crippen LogP contribution in [-0.2, 0) is 27.8 Å². The number of carbonyl (C=O) groups is 2. The molecule has 0 bridgehead atoms. The fourth-order valence-corrected chi connectivity index (χ4v) is 2.81. The number of amides is 2. The fourth-order valence-electron chi connectivity index (χ4n) is 2.81. The standard InChI is InChI=1S/C22H28N2O2/c1-6-15-9-8-10-16(7-2)19(15)24-21(26)20(25)23-18-13-11-17(12-14-18)22(3,4)5/h8-14H,6-7H2,1-5H3,(H,23,25)(H,24,26). The number of benzene rings is 2. The summed E-state index contributed by atoms with van der Waals surface area (Å²) in [5.74, 6) is -1.32. The first-order chi connectivity index (χ1) is 12.3. The van der Waals surface area contributed by atoms with Crippen LogP contribution >= 0.6 is 0 Å². The first kappa shape index (κ1) is 19.7. The first-order valence-corrected chi connectivity index (χ1v) is 9.09. The first-order valence-electron chi connectivity index (χ1n) is 9.09. The molecule has 0 saturated heterocycles. The zero-order valence-corrected chi connectivity index (χ0v) is 16.3. The van der Waals surface area contributed by atoms with Crippen molar-refractivity contribution < 1.29 is 9.59 Å². The third kappa shape index (κ3) is 4.72. The van der Waals surface area contributed by atoms with E-state index in [4.69, 9.17) is 0 Å². The summed E-state index contributed by atoms with van der Waals surface area (Å²) in [5, 5.41) is 5.45. The molecule has 0 heterocycles. The zero-order valence-electron chi connectivity index (χ0n) is 16.3. The molecule has 4 nitrogen and oxygen atoms in total. The lowest BCUT2D eigenvalue weighted by Gasteiger charge is -2.19. The Kier molecular flexibility index (Phi) is 6.19. The predicted molar refractivity (Wildman–Crippen MR) is 108 cm³/mol. The molecule has 2 N–H and O–H groups in total. The number of para-hydroxylation sites is 1. The Morgan fingerprint density at radius 2 is 1.31 bits per heavy atom. The molecule has 0 aliphatic heterocycles. The SMILES string of the molecule is CCc1cccc(CC)c1NC(=O)C(=O)Nc1ccc(C(C)(C)C)cc1. The minimum absolute atomic E-state index is 0.0420. The molecule has 2 amide bonds. The number of nitrogens with one attached hydrogen (secondary N) is 2. The van der Waals surface area contributed by atoms with Gasteiger partial charge in [0.15, 0.2) is 0 Å². The summed E-state index contributed by atoms with van der Waals surface area (Å²) in [6, 6.07) is 13.5. The van der Waals surface area contributed by atoms with E-state index in [2.05, 4.69) is 31.4 Å². The summed E-state index contributed by atoms with van der Waals surface area (Å²) in [6.07, 6.45) is 1.58. The minimum atomic E-state index is -0.665. The average molecular weight is 352 g/mol. The van der Waals surface area contributed by atoms with Crippen LogP contribution in [0.5, 0.6) is 0 Å². The Morgan fingerprint density at radius 3 is 1.77 bits per heavy atom. The molecule has 0 atom stereocenters. The van der Waals surface area contributed by atoms with E-state index in [9.17, 15) is 9.59 Å². The number of anilines is 2. The lowest BCUT2D eigenvalue weighted by atomic mass is 9.87. The summed E-state index contributed by atoms with van der Waals surface area (Å²) < 4.78 is 0. The van der Waals surface area contributed by atoms with Crippen LogP contribution in [0.1, 0.15) is 51.3 Å². The van der Waals surface area contributed by atoms with Gasteiger partial charge in [-0.1, -0.05) is 65.0 Å². The Balaban J connectivity index is 2.10. The highest BCUT2D eigenvalue weighted by atomic mass is 16.2. The van der Waals surface area contributed by atoms with Crippen LogP contribution in [-0.4, -0.2) is 11.8 Å². The molecule has 0 radical (unpaired) electrons. The van der Waals surface area contributed by atoms with Gasteiger partial charge < -0.3 is 10.6 Å². The number of rotatable bonds is 4. The maximum absolute atomic E-state index is 12.4. The van der Waals surface area contributed by atoms with Crippen molar-refractivity contribution in [1.29, 1.82) is 0 Å². The van der Waals surface area contributed by atoms with Crippen molar-refractivity contribution in [1.82, 2.24) is 0 Å². The van der Waals surface area contributed by atoms with E-state index < -0.39 is 11.8 Å². The topological polar surface area (TPSA) is 58.2 Å². The molecule has 0 aliphatic carbocycles. The maximum atomic E-state index is 12.4. The molecule has 0 spiro atoms. The molecular formula is C22H28N2O2. The molecule has 0 aliphatic rings. The molecule has 0 saturated carbocycles. The lowest BCUT2D eigenvalue weighted by Crippen LogP contribution is -2.30. The molecule has 0 fully saturated rings. The van der Waals surface area contributed by atoms with Crippen molar-refractivity contribution in [3.8, 4) is 0 Å². The highest BCUT2D eigenvalue weighted by molar-refractivity contribution is 6.43. The fraction of sp³-hybridized carbons (Fsp3) is 0.364. The van der Waals surface area contributed by atoms with E-state index in [1.807, 2.05) is 56.3 Å². The monoisotopic (exact) mass is 352 g/mol. The molecule has 0 unspecified atom stereocenters. The van der Waals surface area contributed by atoms with E-state index in [-0.39, 0.29) is 5.41 Å². The number of carbonyl (C=O) groups excluding carboxylic acids is 2. The van der Waals surface area contributed by atoms with Gasteiger partial charge in [-0.3, -0.25) is 9.59 Å². The smallest absolute Gasteiger partial charge is 0.314 e. The van der Waals surface area contributed by atoms with E-state index >= 15 is 0 Å². The predicted octanol–water partition coefficient (Wildman–Crippen LogP) is 4.69. The summed E-state index contributed by atoms with van der Waals surface area (Å²) in [4.78, 5) is 24.6. The van der Waals surface area contributed by atoms with Crippen LogP contribution in [0.15, 0.2) is 42.5 Å². The second-order valence-electron chi connectivity index (χ2n) is 7.39. The second-order valence-corrected chi connectivity index (χ2v) is 7.39. The number of hydrogen-bond acceptors (Lipinski definition) is 2. The van der Waals surface area contributed by atoms with Crippen molar-refractivity contribution in [2.24, 2.45) is 0 Å². The Bertz CT molecular complexity index is 765. The molecule has 4 heteroatoms. The third-order valence-corrected chi connectivity index (χ3v) is 4.45.